The van der Waals surface area contributed by atoms with Crippen molar-refractivity contribution >= 4 is 28.5 Å². The maximum Gasteiger partial charge on any atom is 0.268 e. The highest BCUT2D eigenvalue weighted by molar-refractivity contribution is 7.13. The number of carbonyl (C=O) groups is 1. The number of hydrogen-bond donors (Lipinski definition) is 1. The van der Waals surface area contributed by atoms with Crippen LogP contribution in [0.2, 0.25) is 0 Å². The van der Waals surface area contributed by atoms with Gasteiger partial charge in [-0.3, -0.25) is 10.1 Å². The molecule has 2 aromatic heterocycles. The molecule has 0 saturated heterocycles. The number of amides is 1. The van der Waals surface area contributed by atoms with Crippen LogP contribution in [0.3, 0.4) is 0 Å². The lowest BCUT2D eigenvalue weighted by Crippen LogP contribution is -2.13. The fourth-order valence-corrected chi connectivity index (χ4v) is 3.40. The molecular formula is C20H18N4O2S. The van der Waals surface area contributed by atoms with Crippen LogP contribution in [-0.2, 0) is 4.79 Å². The Morgan fingerprint density at radius 1 is 1.37 bits per heavy atom. The third-order valence-electron chi connectivity index (χ3n) is 4.11. The lowest BCUT2D eigenvalue weighted by Gasteiger charge is -2.13. The van der Waals surface area contributed by atoms with Gasteiger partial charge in [-0.1, -0.05) is 12.1 Å². The first-order valence-electron chi connectivity index (χ1n) is 8.20. The van der Waals surface area contributed by atoms with Crippen molar-refractivity contribution in [1.82, 2.24) is 9.55 Å². The number of aryl methyl sites for hydroxylation is 1. The molecule has 27 heavy (non-hydrogen) atoms. The number of rotatable bonds is 5. The summed E-state index contributed by atoms with van der Waals surface area (Å²) in [7, 11) is 1.63. The first kappa shape index (κ1) is 18.4. The zero-order chi connectivity index (χ0) is 19.4. The van der Waals surface area contributed by atoms with E-state index < -0.39 is 5.91 Å². The molecule has 0 aliphatic carbocycles. The number of nitrogens with zero attached hydrogens (tertiary/aromatic N) is 3. The molecular weight excluding hydrogens is 360 g/mol. The van der Waals surface area contributed by atoms with E-state index in [1.165, 1.54) is 11.3 Å². The van der Waals surface area contributed by atoms with E-state index in [-0.39, 0.29) is 5.57 Å². The highest BCUT2D eigenvalue weighted by atomic mass is 32.1. The van der Waals surface area contributed by atoms with Crippen molar-refractivity contribution in [2.75, 3.05) is 12.4 Å². The molecule has 0 saturated carbocycles. The summed E-state index contributed by atoms with van der Waals surface area (Å²) in [5.41, 5.74) is 3.60. The highest BCUT2D eigenvalue weighted by Gasteiger charge is 2.16. The van der Waals surface area contributed by atoms with E-state index >= 15 is 0 Å². The molecule has 0 fully saturated rings. The minimum absolute atomic E-state index is 0.0190. The van der Waals surface area contributed by atoms with Gasteiger partial charge in [-0.25, -0.2) is 4.98 Å². The summed E-state index contributed by atoms with van der Waals surface area (Å²) in [6.45, 7) is 3.91. The van der Waals surface area contributed by atoms with E-state index in [1.54, 1.807) is 24.8 Å². The van der Waals surface area contributed by atoms with Crippen molar-refractivity contribution in [3.63, 3.8) is 0 Å². The maximum absolute atomic E-state index is 12.4. The number of aromatic nitrogens is 2. The standard InChI is InChI=1S/C20H18N4O2S/c1-13-10-15(11-16(12-21)19(25)23-20-22-8-9-27-20)14(2)24(13)17-6-4-5-7-18(17)26-3/h4-11H,1-3H3,(H,22,23,25)/b16-11-. The van der Waals surface area contributed by atoms with Gasteiger partial charge in [0.2, 0.25) is 0 Å². The topological polar surface area (TPSA) is 79.9 Å². The third kappa shape index (κ3) is 3.76. The predicted octanol–water partition coefficient (Wildman–Crippen LogP) is 4.10. The lowest BCUT2D eigenvalue weighted by molar-refractivity contribution is -0.112. The second-order valence-electron chi connectivity index (χ2n) is 5.79. The van der Waals surface area contributed by atoms with Gasteiger partial charge in [-0.2, -0.15) is 5.26 Å². The van der Waals surface area contributed by atoms with Gasteiger partial charge in [0, 0.05) is 23.0 Å². The molecule has 0 aliphatic heterocycles. The lowest BCUT2D eigenvalue weighted by atomic mass is 10.1. The van der Waals surface area contributed by atoms with Crippen LogP contribution in [0.5, 0.6) is 5.75 Å². The van der Waals surface area contributed by atoms with E-state index in [2.05, 4.69) is 10.3 Å². The van der Waals surface area contributed by atoms with Gasteiger partial charge in [0.1, 0.15) is 17.4 Å². The minimum Gasteiger partial charge on any atom is -0.495 e. The number of para-hydroxylation sites is 2. The number of hydrogen-bond acceptors (Lipinski definition) is 5. The summed E-state index contributed by atoms with van der Waals surface area (Å²) in [5, 5.41) is 14.3. The normalized spacial score (nSPS) is 11.1. The Hall–Kier alpha value is -3.37. The largest absolute Gasteiger partial charge is 0.495 e. The Bertz CT molecular complexity index is 1040. The molecule has 0 radical (unpaired) electrons. The molecule has 1 amide bonds. The quantitative estimate of drug-likeness (QED) is 0.535. The number of nitriles is 1. The highest BCUT2D eigenvalue weighted by Crippen LogP contribution is 2.29. The van der Waals surface area contributed by atoms with E-state index in [1.807, 2.05) is 54.8 Å². The summed E-state index contributed by atoms with van der Waals surface area (Å²) in [6.07, 6.45) is 3.19. The molecule has 136 valence electrons. The van der Waals surface area contributed by atoms with Gasteiger partial charge < -0.3 is 9.30 Å². The van der Waals surface area contributed by atoms with Crippen molar-refractivity contribution in [1.29, 1.82) is 5.26 Å². The minimum atomic E-state index is -0.477. The number of nitrogens with one attached hydrogen (secondary N) is 1. The molecule has 0 aliphatic rings. The summed E-state index contributed by atoms with van der Waals surface area (Å²) in [5.74, 6) is 0.270. The van der Waals surface area contributed by atoms with Crippen molar-refractivity contribution < 1.29 is 9.53 Å². The zero-order valence-corrected chi connectivity index (χ0v) is 16.0. The average molecular weight is 378 g/mol. The molecule has 2 heterocycles. The number of carbonyl (C=O) groups excluding carboxylic acids is 1. The number of anilines is 1. The second-order valence-corrected chi connectivity index (χ2v) is 6.69. The molecule has 7 heteroatoms. The fraction of sp³-hybridized carbons (Fsp3) is 0.150. The van der Waals surface area contributed by atoms with Crippen molar-refractivity contribution in [2.24, 2.45) is 0 Å². The van der Waals surface area contributed by atoms with E-state index in [4.69, 9.17) is 4.74 Å². The van der Waals surface area contributed by atoms with Gasteiger partial charge in [-0.05, 0) is 43.7 Å². The average Bonchev–Trinajstić information content (AvgIpc) is 3.27. The molecule has 1 N–H and O–H groups in total. The Balaban J connectivity index is 1.99. The van der Waals surface area contributed by atoms with Crippen LogP contribution < -0.4 is 10.1 Å². The molecule has 1 aromatic carbocycles. The van der Waals surface area contributed by atoms with Crippen LogP contribution in [0, 0.1) is 25.2 Å². The summed E-state index contributed by atoms with van der Waals surface area (Å²) in [4.78, 5) is 16.4. The Morgan fingerprint density at radius 2 is 2.15 bits per heavy atom. The summed E-state index contributed by atoms with van der Waals surface area (Å²) >= 11 is 1.30. The Labute approximate surface area is 161 Å². The van der Waals surface area contributed by atoms with Crippen LogP contribution in [0.25, 0.3) is 11.8 Å². The van der Waals surface area contributed by atoms with Crippen LogP contribution in [0.1, 0.15) is 17.0 Å². The molecule has 0 bridgehead atoms. The van der Waals surface area contributed by atoms with Crippen LogP contribution in [0.4, 0.5) is 5.13 Å². The Kier molecular flexibility index (Phi) is 5.38. The number of benzene rings is 1. The van der Waals surface area contributed by atoms with Crippen LogP contribution in [0.15, 0.2) is 47.5 Å². The zero-order valence-electron chi connectivity index (χ0n) is 15.2. The molecule has 0 unspecified atom stereocenters. The van der Waals surface area contributed by atoms with Gasteiger partial charge in [-0.15, -0.1) is 11.3 Å². The number of ether oxygens (including phenoxy) is 1. The van der Waals surface area contributed by atoms with Gasteiger partial charge in [0.05, 0.1) is 12.8 Å². The van der Waals surface area contributed by atoms with Crippen molar-refractivity contribution in [3.05, 3.63) is 64.4 Å². The molecule has 0 spiro atoms. The van der Waals surface area contributed by atoms with Gasteiger partial charge in [0.15, 0.2) is 5.13 Å². The van der Waals surface area contributed by atoms with Crippen LogP contribution >= 0.6 is 11.3 Å². The fourth-order valence-electron chi connectivity index (χ4n) is 2.87. The summed E-state index contributed by atoms with van der Waals surface area (Å²) in [6, 6.07) is 11.6. The SMILES string of the molecule is COc1ccccc1-n1c(C)cc(/C=C(/C#N)C(=O)Nc2nccs2)c1C. The first-order valence-corrected chi connectivity index (χ1v) is 9.08. The number of thiazole rings is 1. The van der Waals surface area contributed by atoms with Crippen LogP contribution in [-0.4, -0.2) is 22.6 Å². The maximum atomic E-state index is 12.4. The van der Waals surface area contributed by atoms with Crippen molar-refractivity contribution in [3.8, 4) is 17.5 Å². The van der Waals surface area contributed by atoms with Crippen molar-refractivity contribution in [2.45, 2.75) is 13.8 Å². The van der Waals surface area contributed by atoms with E-state index in [0.29, 0.717) is 5.13 Å². The van der Waals surface area contributed by atoms with E-state index in [9.17, 15) is 10.1 Å². The Morgan fingerprint density at radius 3 is 2.81 bits per heavy atom. The monoisotopic (exact) mass is 378 g/mol. The molecule has 3 rings (SSSR count). The molecule has 6 nitrogen and oxygen atoms in total. The first-order chi connectivity index (χ1) is 13.0. The third-order valence-corrected chi connectivity index (χ3v) is 4.80. The van der Waals surface area contributed by atoms with Gasteiger partial charge >= 0.3 is 0 Å². The smallest absolute Gasteiger partial charge is 0.268 e. The van der Waals surface area contributed by atoms with Gasteiger partial charge in [0.25, 0.3) is 5.91 Å². The predicted molar refractivity (Wildman–Crippen MR) is 106 cm³/mol. The summed E-state index contributed by atoms with van der Waals surface area (Å²) < 4.78 is 7.50. The van der Waals surface area contributed by atoms with E-state index in [0.717, 1.165) is 28.4 Å². The number of methoxy groups -OCH3 is 1. The second kappa shape index (κ2) is 7.89. The molecule has 3 aromatic rings. The molecule has 0 atom stereocenters.